The average Bonchev–Trinajstić information content (AvgIpc) is 2.20. The lowest BCUT2D eigenvalue weighted by molar-refractivity contribution is -0.656. The molecule has 0 bridgehead atoms. The maximum atomic E-state index is 8.56. The summed E-state index contributed by atoms with van der Waals surface area (Å²) in [6.45, 7) is 2.35. The van der Waals surface area contributed by atoms with Gasteiger partial charge in [-0.1, -0.05) is 11.6 Å². The molecule has 1 rings (SSSR count). The minimum absolute atomic E-state index is 0.199. The summed E-state index contributed by atoms with van der Waals surface area (Å²) in [5, 5.41) is 11.2. The summed E-state index contributed by atoms with van der Waals surface area (Å²) < 4.78 is 6.38. The summed E-state index contributed by atoms with van der Waals surface area (Å²) in [4.78, 5) is 0. The van der Waals surface area contributed by atoms with Gasteiger partial charge in [-0.2, -0.15) is 0 Å². The normalized spacial score (nSPS) is 10.3. The fraction of sp³-hybridized carbons (Fsp3) is 0.400. The van der Waals surface area contributed by atoms with Gasteiger partial charge < -0.3 is 15.2 Å². The van der Waals surface area contributed by atoms with Gasteiger partial charge in [0, 0.05) is 5.02 Å². The number of quaternary nitrogens is 1. The van der Waals surface area contributed by atoms with Gasteiger partial charge in [-0.3, -0.25) is 0 Å². The third kappa shape index (κ3) is 4.84. The van der Waals surface area contributed by atoms with Crippen molar-refractivity contribution in [3.05, 3.63) is 27.7 Å². The Morgan fingerprint density at radius 1 is 1.40 bits per heavy atom. The van der Waals surface area contributed by atoms with E-state index in [-0.39, 0.29) is 6.61 Å². The van der Waals surface area contributed by atoms with Crippen LogP contribution in [0.4, 0.5) is 0 Å². The van der Waals surface area contributed by atoms with Crippen LogP contribution in [0.5, 0.6) is 5.75 Å². The highest BCUT2D eigenvalue weighted by Crippen LogP contribution is 2.27. The van der Waals surface area contributed by atoms with Crippen LogP contribution in [0.15, 0.2) is 22.7 Å². The minimum Gasteiger partial charge on any atom is -0.487 e. The van der Waals surface area contributed by atoms with Gasteiger partial charge in [0.1, 0.15) is 18.9 Å². The Balaban J connectivity index is 2.31. The Hall–Kier alpha value is -0.290. The molecule has 0 spiro atoms. The minimum atomic E-state index is 0.199. The summed E-state index contributed by atoms with van der Waals surface area (Å²) in [5.74, 6) is 0.789. The van der Waals surface area contributed by atoms with E-state index in [1.165, 1.54) is 0 Å². The second-order valence-corrected chi connectivity index (χ2v) is 4.30. The number of nitrogens with two attached hydrogens (primary N) is 1. The first-order chi connectivity index (χ1) is 7.24. The van der Waals surface area contributed by atoms with E-state index in [2.05, 4.69) is 15.9 Å². The Bertz CT molecular complexity index is 309. The highest BCUT2D eigenvalue weighted by atomic mass is 79.9. The lowest BCUT2D eigenvalue weighted by atomic mass is 10.3. The number of rotatable bonds is 6. The molecule has 0 atom stereocenters. The molecule has 0 aliphatic heterocycles. The summed E-state index contributed by atoms with van der Waals surface area (Å²) in [6, 6.07) is 5.42. The number of halogens is 2. The van der Waals surface area contributed by atoms with Gasteiger partial charge in [0.2, 0.25) is 0 Å². The third-order valence-corrected chi connectivity index (χ3v) is 2.66. The molecule has 0 aromatic heterocycles. The van der Waals surface area contributed by atoms with E-state index in [0.717, 1.165) is 16.8 Å². The summed E-state index contributed by atoms with van der Waals surface area (Å²) >= 11 is 9.17. The zero-order valence-corrected chi connectivity index (χ0v) is 10.6. The Labute approximate surface area is 103 Å². The van der Waals surface area contributed by atoms with Crippen molar-refractivity contribution in [1.29, 1.82) is 0 Å². The Morgan fingerprint density at radius 3 is 2.87 bits per heavy atom. The maximum Gasteiger partial charge on any atom is 0.137 e. The molecular weight excluding hydrogens is 281 g/mol. The largest absolute Gasteiger partial charge is 0.487 e. The van der Waals surface area contributed by atoms with Gasteiger partial charge in [-0.15, -0.1) is 0 Å². The SMILES string of the molecule is OCC[NH2+]CCOc1ccc(Cl)cc1Br. The number of ether oxygens (including phenoxy) is 1. The van der Waals surface area contributed by atoms with Crippen LogP contribution in [-0.2, 0) is 0 Å². The topological polar surface area (TPSA) is 46.1 Å². The molecule has 0 aliphatic carbocycles. The highest BCUT2D eigenvalue weighted by Gasteiger charge is 2.01. The molecule has 0 heterocycles. The second kappa shape index (κ2) is 7.06. The molecule has 1 aromatic carbocycles. The average molecular weight is 296 g/mol. The van der Waals surface area contributed by atoms with Crippen LogP contribution in [0.3, 0.4) is 0 Å². The first-order valence-corrected chi connectivity index (χ1v) is 5.91. The van der Waals surface area contributed by atoms with Crippen LogP contribution in [0.1, 0.15) is 0 Å². The summed E-state index contributed by atoms with van der Waals surface area (Å²) in [7, 11) is 0. The van der Waals surface area contributed by atoms with E-state index in [0.29, 0.717) is 18.2 Å². The molecule has 3 nitrogen and oxygen atoms in total. The lowest BCUT2D eigenvalue weighted by Crippen LogP contribution is -2.86. The fourth-order valence-electron chi connectivity index (χ4n) is 1.08. The van der Waals surface area contributed by atoms with Crippen molar-refractivity contribution < 1.29 is 15.2 Å². The van der Waals surface area contributed by atoms with E-state index in [4.69, 9.17) is 21.4 Å². The van der Waals surface area contributed by atoms with Gasteiger partial charge >= 0.3 is 0 Å². The van der Waals surface area contributed by atoms with Gasteiger partial charge in [-0.25, -0.2) is 0 Å². The first kappa shape index (κ1) is 12.8. The standard InChI is InChI=1S/C10H13BrClNO2/c11-9-7-8(12)1-2-10(9)15-6-4-13-3-5-14/h1-2,7,13-14H,3-6H2/p+1. The smallest absolute Gasteiger partial charge is 0.137 e. The van der Waals surface area contributed by atoms with Gasteiger partial charge in [-0.05, 0) is 34.1 Å². The molecular formula is C10H14BrClNO2+. The van der Waals surface area contributed by atoms with Crippen LogP contribution in [0.2, 0.25) is 5.02 Å². The zero-order chi connectivity index (χ0) is 11.1. The molecule has 84 valence electrons. The number of aliphatic hydroxyl groups excluding tert-OH is 1. The molecule has 3 N–H and O–H groups in total. The monoisotopic (exact) mass is 294 g/mol. The van der Waals surface area contributed by atoms with Crippen molar-refractivity contribution in [2.75, 3.05) is 26.3 Å². The Kier molecular flexibility index (Phi) is 6.02. The molecule has 1 aromatic rings. The molecule has 0 aliphatic rings. The second-order valence-electron chi connectivity index (χ2n) is 3.01. The van der Waals surface area contributed by atoms with Crippen molar-refractivity contribution in [2.24, 2.45) is 0 Å². The number of benzene rings is 1. The molecule has 0 amide bonds. The van der Waals surface area contributed by atoms with Crippen LogP contribution in [0, 0.1) is 0 Å². The predicted molar refractivity (Wildman–Crippen MR) is 63.4 cm³/mol. The molecule has 0 unspecified atom stereocenters. The van der Waals surface area contributed by atoms with Crippen molar-refractivity contribution in [2.45, 2.75) is 0 Å². The van der Waals surface area contributed by atoms with Crippen molar-refractivity contribution in [3.63, 3.8) is 0 Å². The third-order valence-electron chi connectivity index (χ3n) is 1.81. The van der Waals surface area contributed by atoms with E-state index in [1.807, 2.05) is 11.4 Å². The Morgan fingerprint density at radius 2 is 2.20 bits per heavy atom. The van der Waals surface area contributed by atoms with Crippen LogP contribution in [0.25, 0.3) is 0 Å². The number of aliphatic hydroxyl groups is 1. The molecule has 5 heteroatoms. The van der Waals surface area contributed by atoms with Crippen molar-refractivity contribution >= 4 is 27.5 Å². The number of hydrogen-bond acceptors (Lipinski definition) is 2. The van der Waals surface area contributed by atoms with Crippen LogP contribution in [-0.4, -0.2) is 31.4 Å². The maximum absolute atomic E-state index is 8.56. The van der Waals surface area contributed by atoms with Gasteiger partial charge in [0.15, 0.2) is 0 Å². The van der Waals surface area contributed by atoms with E-state index in [9.17, 15) is 0 Å². The van der Waals surface area contributed by atoms with Crippen molar-refractivity contribution in [3.8, 4) is 5.75 Å². The zero-order valence-electron chi connectivity index (χ0n) is 8.25. The summed E-state index contributed by atoms with van der Waals surface area (Å²) in [5.41, 5.74) is 0. The highest BCUT2D eigenvalue weighted by molar-refractivity contribution is 9.10. The van der Waals surface area contributed by atoms with E-state index >= 15 is 0 Å². The molecule has 0 saturated heterocycles. The summed E-state index contributed by atoms with van der Waals surface area (Å²) in [6.07, 6.45) is 0. The molecule has 15 heavy (non-hydrogen) atoms. The van der Waals surface area contributed by atoms with Gasteiger partial charge in [0.25, 0.3) is 0 Å². The van der Waals surface area contributed by atoms with Crippen molar-refractivity contribution in [1.82, 2.24) is 0 Å². The van der Waals surface area contributed by atoms with Gasteiger partial charge in [0.05, 0.1) is 17.6 Å². The van der Waals surface area contributed by atoms with E-state index < -0.39 is 0 Å². The van der Waals surface area contributed by atoms with Crippen LogP contribution < -0.4 is 10.1 Å². The molecule has 0 fully saturated rings. The lowest BCUT2D eigenvalue weighted by Gasteiger charge is -2.07. The molecule has 0 saturated carbocycles. The molecule has 0 radical (unpaired) electrons. The predicted octanol–water partition coefficient (Wildman–Crippen LogP) is 1.04. The number of hydrogen-bond donors (Lipinski definition) is 2. The fourth-order valence-corrected chi connectivity index (χ4v) is 1.88. The first-order valence-electron chi connectivity index (χ1n) is 4.74. The quantitative estimate of drug-likeness (QED) is 0.770. The van der Waals surface area contributed by atoms with Crippen LogP contribution >= 0.6 is 27.5 Å². The van der Waals surface area contributed by atoms with E-state index in [1.54, 1.807) is 12.1 Å².